The lowest BCUT2D eigenvalue weighted by Gasteiger charge is -2.12. The highest BCUT2D eigenvalue weighted by atomic mass is 16.3. The van der Waals surface area contributed by atoms with Gasteiger partial charge < -0.3 is 15.5 Å². The normalized spacial score (nSPS) is 12.0. The first-order valence-corrected chi connectivity index (χ1v) is 13.3. The Balaban J connectivity index is 1.23. The van der Waals surface area contributed by atoms with Crippen molar-refractivity contribution in [1.82, 2.24) is 24.7 Å². The van der Waals surface area contributed by atoms with E-state index >= 15 is 0 Å². The van der Waals surface area contributed by atoms with Gasteiger partial charge in [-0.2, -0.15) is 5.10 Å². The summed E-state index contributed by atoms with van der Waals surface area (Å²) in [5.41, 5.74) is 12.7. The molecular weight excluding hydrogens is 514 g/mol. The summed E-state index contributed by atoms with van der Waals surface area (Å²) in [6.45, 7) is 4.02. The number of oxazole rings is 1. The summed E-state index contributed by atoms with van der Waals surface area (Å²) < 4.78 is 7.52. The molecule has 0 aliphatic carbocycles. The van der Waals surface area contributed by atoms with Crippen LogP contribution in [-0.2, 0) is 11.8 Å². The summed E-state index contributed by atoms with van der Waals surface area (Å²) in [7, 11) is 1.86. The van der Waals surface area contributed by atoms with Gasteiger partial charge in [0.2, 0.25) is 11.8 Å². The number of benzene rings is 2. The largest absolute Gasteiger partial charge is 0.444 e. The quantitative estimate of drug-likeness (QED) is 0.239. The van der Waals surface area contributed by atoms with Gasteiger partial charge in [0.1, 0.15) is 23.6 Å². The fourth-order valence-electron chi connectivity index (χ4n) is 4.90. The van der Waals surface area contributed by atoms with Gasteiger partial charge in [0.15, 0.2) is 0 Å². The van der Waals surface area contributed by atoms with Crippen molar-refractivity contribution < 1.29 is 9.21 Å². The molecule has 0 bridgehead atoms. The van der Waals surface area contributed by atoms with E-state index in [1.807, 2.05) is 87.8 Å². The lowest BCUT2D eigenvalue weighted by molar-refractivity contribution is -0.116. The van der Waals surface area contributed by atoms with Crippen molar-refractivity contribution in [2.75, 3.05) is 11.1 Å². The summed E-state index contributed by atoms with van der Waals surface area (Å²) >= 11 is 0. The molecule has 6 rings (SSSR count). The smallest absolute Gasteiger partial charge is 0.226 e. The van der Waals surface area contributed by atoms with Gasteiger partial charge in [-0.15, -0.1) is 0 Å². The van der Waals surface area contributed by atoms with Crippen LogP contribution >= 0.6 is 0 Å². The zero-order valence-corrected chi connectivity index (χ0v) is 23.0. The van der Waals surface area contributed by atoms with Crippen LogP contribution in [0.2, 0.25) is 0 Å². The second-order valence-electron chi connectivity index (χ2n) is 10.2. The van der Waals surface area contributed by atoms with Crippen molar-refractivity contribution in [3.05, 3.63) is 96.6 Å². The first-order chi connectivity index (χ1) is 19.8. The van der Waals surface area contributed by atoms with E-state index in [0.717, 1.165) is 50.0 Å². The third-order valence-electron chi connectivity index (χ3n) is 7.12. The van der Waals surface area contributed by atoms with Crippen molar-refractivity contribution >= 4 is 28.3 Å². The van der Waals surface area contributed by atoms with Crippen LogP contribution in [0.4, 0.5) is 11.6 Å². The third kappa shape index (κ3) is 5.42. The highest BCUT2D eigenvalue weighted by molar-refractivity contribution is 5.97. The van der Waals surface area contributed by atoms with Gasteiger partial charge in [-0.1, -0.05) is 43.3 Å². The minimum atomic E-state index is -0.121. The second kappa shape index (κ2) is 10.7. The molecule has 4 heterocycles. The van der Waals surface area contributed by atoms with Crippen LogP contribution in [0.1, 0.15) is 30.4 Å². The Hall–Kier alpha value is -5.31. The Morgan fingerprint density at radius 1 is 1.02 bits per heavy atom. The first-order valence-electron chi connectivity index (χ1n) is 13.3. The maximum Gasteiger partial charge on any atom is 0.226 e. The molecule has 0 saturated heterocycles. The van der Waals surface area contributed by atoms with Gasteiger partial charge in [0, 0.05) is 47.9 Å². The maximum atomic E-state index is 12.7. The number of nitrogens with one attached hydrogen (secondary N) is 1. The van der Waals surface area contributed by atoms with Crippen LogP contribution in [0.5, 0.6) is 0 Å². The molecule has 4 aromatic heterocycles. The number of aryl methyl sites for hydroxylation is 2. The van der Waals surface area contributed by atoms with E-state index in [1.54, 1.807) is 23.3 Å². The zero-order valence-electron chi connectivity index (χ0n) is 23.0. The Morgan fingerprint density at radius 3 is 2.61 bits per heavy atom. The summed E-state index contributed by atoms with van der Waals surface area (Å²) in [6.07, 6.45) is 7.34. The number of nitrogen functional groups attached to an aromatic ring is 1. The molecule has 0 saturated carbocycles. The fourth-order valence-corrected chi connectivity index (χ4v) is 4.90. The van der Waals surface area contributed by atoms with Gasteiger partial charge in [-0.3, -0.25) is 9.48 Å². The number of amides is 1. The Kier molecular flexibility index (Phi) is 6.76. The van der Waals surface area contributed by atoms with Gasteiger partial charge in [0.05, 0.1) is 11.9 Å². The molecular formula is C32H29N7O2. The number of hydrogen-bond acceptors (Lipinski definition) is 7. The van der Waals surface area contributed by atoms with Crippen LogP contribution < -0.4 is 11.1 Å². The number of nitrogens with two attached hydrogens (primary N) is 1. The van der Waals surface area contributed by atoms with Crippen LogP contribution in [0, 0.1) is 6.92 Å². The van der Waals surface area contributed by atoms with Gasteiger partial charge in [0.25, 0.3) is 0 Å². The first kappa shape index (κ1) is 25.9. The van der Waals surface area contributed by atoms with E-state index in [-0.39, 0.29) is 11.8 Å². The standard InChI is InChI=1S/C32H29N7O2/c1-19(24-15-35-39(3)17-24)12-30(40)38-29-14-23-13-27(36-31(33)26(23)16-34-29)25-10-9-22(11-20(25)2)32-37-28(18-41-32)21-7-5-4-6-8-21/h4-11,13-19H,12H2,1-3H3,(H2,33,36)(H,34,38,40)/t19-/m1/s1. The second-order valence-corrected chi connectivity index (χ2v) is 10.2. The van der Waals surface area contributed by atoms with Gasteiger partial charge >= 0.3 is 0 Å². The molecule has 0 radical (unpaired) electrons. The van der Waals surface area contributed by atoms with Gasteiger partial charge in [-0.25, -0.2) is 15.0 Å². The molecule has 9 heteroatoms. The molecule has 0 fully saturated rings. The molecule has 0 aliphatic heterocycles. The Bertz CT molecular complexity index is 1870. The zero-order chi connectivity index (χ0) is 28.5. The SMILES string of the molecule is Cc1cc(-c2nc(-c3ccccc3)co2)ccc1-c1cc2cc(NC(=O)C[C@@H](C)c3cnn(C)c3)ncc2c(N)n1. The van der Waals surface area contributed by atoms with E-state index in [2.05, 4.69) is 25.4 Å². The molecule has 1 amide bonds. The molecule has 6 aromatic rings. The molecule has 41 heavy (non-hydrogen) atoms. The maximum absolute atomic E-state index is 12.7. The molecule has 3 N–H and O–H groups in total. The molecule has 0 unspecified atom stereocenters. The number of pyridine rings is 2. The third-order valence-corrected chi connectivity index (χ3v) is 7.12. The number of hydrogen-bond donors (Lipinski definition) is 2. The average molecular weight is 544 g/mol. The molecule has 204 valence electrons. The minimum Gasteiger partial charge on any atom is -0.444 e. The number of rotatable bonds is 7. The fraction of sp³-hybridized carbons (Fsp3) is 0.156. The molecule has 9 nitrogen and oxygen atoms in total. The van der Waals surface area contributed by atoms with Crippen LogP contribution in [0.3, 0.4) is 0 Å². The number of nitrogens with zero attached hydrogens (tertiary/aromatic N) is 5. The van der Waals surface area contributed by atoms with Crippen LogP contribution in [-0.4, -0.2) is 30.6 Å². The number of aromatic nitrogens is 5. The predicted octanol–water partition coefficient (Wildman–Crippen LogP) is 6.38. The highest BCUT2D eigenvalue weighted by Crippen LogP contribution is 2.32. The van der Waals surface area contributed by atoms with Crippen molar-refractivity contribution in [2.45, 2.75) is 26.2 Å². The van der Waals surface area contributed by atoms with Gasteiger partial charge in [-0.05, 0) is 53.6 Å². The Labute approximate surface area is 237 Å². The summed E-state index contributed by atoms with van der Waals surface area (Å²) in [5.74, 6) is 1.29. The van der Waals surface area contributed by atoms with Crippen molar-refractivity contribution in [2.24, 2.45) is 7.05 Å². The van der Waals surface area contributed by atoms with E-state index in [9.17, 15) is 4.79 Å². The number of anilines is 2. The number of fused-ring (bicyclic) bond motifs is 1. The van der Waals surface area contributed by atoms with E-state index in [1.165, 1.54) is 0 Å². The van der Waals surface area contributed by atoms with Crippen LogP contribution in [0.15, 0.2) is 89.9 Å². The van der Waals surface area contributed by atoms with E-state index in [0.29, 0.717) is 23.9 Å². The molecule has 0 spiro atoms. The van der Waals surface area contributed by atoms with Crippen molar-refractivity contribution in [1.29, 1.82) is 0 Å². The molecule has 0 aliphatic rings. The summed E-state index contributed by atoms with van der Waals surface area (Å²) in [6, 6.07) is 19.7. The molecule has 1 atom stereocenters. The lowest BCUT2D eigenvalue weighted by Crippen LogP contribution is -2.15. The summed E-state index contributed by atoms with van der Waals surface area (Å²) in [4.78, 5) is 26.5. The Morgan fingerprint density at radius 2 is 1.85 bits per heavy atom. The summed E-state index contributed by atoms with van der Waals surface area (Å²) in [5, 5.41) is 8.66. The predicted molar refractivity (Wildman–Crippen MR) is 160 cm³/mol. The monoisotopic (exact) mass is 543 g/mol. The lowest BCUT2D eigenvalue weighted by atomic mass is 10.0. The minimum absolute atomic E-state index is 0.0304. The molecule has 2 aromatic carbocycles. The van der Waals surface area contributed by atoms with Crippen LogP contribution in [0.25, 0.3) is 44.7 Å². The highest BCUT2D eigenvalue weighted by Gasteiger charge is 2.16. The average Bonchev–Trinajstić information content (AvgIpc) is 3.63. The van der Waals surface area contributed by atoms with E-state index in [4.69, 9.17) is 10.2 Å². The topological polar surface area (TPSA) is 125 Å². The number of carbonyl (C=O) groups excluding carboxylic acids is 1. The van der Waals surface area contributed by atoms with Crippen molar-refractivity contribution in [3.63, 3.8) is 0 Å². The van der Waals surface area contributed by atoms with E-state index < -0.39 is 0 Å². The van der Waals surface area contributed by atoms with Crippen molar-refractivity contribution in [3.8, 4) is 34.0 Å². The number of carbonyl (C=O) groups is 1.